The molecule has 0 saturated carbocycles. The van der Waals surface area contributed by atoms with Gasteiger partial charge >= 0.3 is 11.7 Å². The van der Waals surface area contributed by atoms with E-state index in [9.17, 15) is 19.8 Å². The first kappa shape index (κ1) is 14.5. The average molecular weight is 315 g/mol. The summed E-state index contributed by atoms with van der Waals surface area (Å²) in [5.41, 5.74) is 0.632. The number of aromatic amines is 1. The molecule has 0 fully saturated rings. The van der Waals surface area contributed by atoms with Gasteiger partial charge < -0.3 is 15.5 Å². The summed E-state index contributed by atoms with van der Waals surface area (Å²) in [5, 5.41) is 24.1. The number of para-hydroxylation sites is 1. The number of carbonyl (C=O) groups excluding carboxylic acids is 1. The standard InChI is InChI=1S/C15H13N3O5/c19-12-6-5-9(7-13(12)20)8-16-15(22)23-18-14(21)10-3-1-2-4-11(10)17-18/h1-7,17,19-20H,8H2,(H,16,22). The van der Waals surface area contributed by atoms with Crippen molar-refractivity contribution >= 4 is 17.0 Å². The van der Waals surface area contributed by atoms with Crippen molar-refractivity contribution < 1.29 is 19.8 Å². The number of hydrogen-bond donors (Lipinski definition) is 4. The fourth-order valence-electron chi connectivity index (χ4n) is 2.07. The van der Waals surface area contributed by atoms with E-state index < -0.39 is 11.7 Å². The van der Waals surface area contributed by atoms with Crippen molar-refractivity contribution in [2.24, 2.45) is 0 Å². The smallest absolute Gasteiger partial charge is 0.433 e. The third kappa shape index (κ3) is 2.95. The van der Waals surface area contributed by atoms with Crippen LogP contribution in [-0.2, 0) is 6.54 Å². The van der Waals surface area contributed by atoms with Crippen molar-refractivity contribution in [3.63, 3.8) is 0 Å². The zero-order valence-corrected chi connectivity index (χ0v) is 11.8. The van der Waals surface area contributed by atoms with Crippen molar-refractivity contribution in [2.75, 3.05) is 0 Å². The number of benzene rings is 2. The molecule has 8 nitrogen and oxygen atoms in total. The van der Waals surface area contributed by atoms with E-state index in [2.05, 4.69) is 10.4 Å². The molecule has 118 valence electrons. The van der Waals surface area contributed by atoms with Gasteiger partial charge in [-0.05, 0) is 29.8 Å². The van der Waals surface area contributed by atoms with Crippen LogP contribution in [0, 0.1) is 0 Å². The Kier molecular flexibility index (Phi) is 3.63. The largest absolute Gasteiger partial charge is 0.504 e. The summed E-state index contributed by atoms with van der Waals surface area (Å²) >= 11 is 0. The predicted molar refractivity (Wildman–Crippen MR) is 81.1 cm³/mol. The second kappa shape index (κ2) is 5.76. The number of phenolic OH excluding ortho intramolecular Hbond substituents is 2. The minimum absolute atomic E-state index is 0.0572. The Bertz CT molecular complexity index is 928. The first-order chi connectivity index (χ1) is 11.0. The Labute approximate surface area is 129 Å². The molecule has 8 heteroatoms. The van der Waals surface area contributed by atoms with E-state index in [1.807, 2.05) is 0 Å². The van der Waals surface area contributed by atoms with Gasteiger partial charge in [-0.15, -0.1) is 0 Å². The Balaban J connectivity index is 1.67. The number of nitrogens with zero attached hydrogens (tertiary/aromatic N) is 1. The van der Waals surface area contributed by atoms with Gasteiger partial charge in [0.15, 0.2) is 11.5 Å². The van der Waals surface area contributed by atoms with E-state index in [-0.39, 0.29) is 18.0 Å². The van der Waals surface area contributed by atoms with E-state index in [0.717, 1.165) is 4.85 Å². The van der Waals surface area contributed by atoms with E-state index in [1.165, 1.54) is 18.2 Å². The molecule has 1 heterocycles. The normalized spacial score (nSPS) is 10.6. The number of rotatable bonds is 3. The number of hydrogen-bond acceptors (Lipinski definition) is 5. The van der Waals surface area contributed by atoms with Crippen molar-refractivity contribution in [3.8, 4) is 11.5 Å². The van der Waals surface area contributed by atoms with Gasteiger partial charge in [-0.3, -0.25) is 14.7 Å². The van der Waals surface area contributed by atoms with Crippen LogP contribution in [0.1, 0.15) is 5.56 Å². The molecular weight excluding hydrogens is 302 g/mol. The van der Waals surface area contributed by atoms with Crippen LogP contribution < -0.4 is 15.7 Å². The van der Waals surface area contributed by atoms with Crippen LogP contribution in [0.15, 0.2) is 47.3 Å². The molecule has 3 rings (SSSR count). The second-order valence-electron chi connectivity index (χ2n) is 4.81. The molecule has 1 aromatic heterocycles. The number of fused-ring (bicyclic) bond motifs is 1. The molecule has 3 aromatic rings. The Hall–Kier alpha value is -3.42. The lowest BCUT2D eigenvalue weighted by Crippen LogP contribution is -2.36. The molecule has 1 amide bonds. The predicted octanol–water partition coefficient (Wildman–Crippen LogP) is 1.08. The molecule has 0 spiro atoms. The highest BCUT2D eigenvalue weighted by Gasteiger charge is 2.11. The lowest BCUT2D eigenvalue weighted by atomic mass is 10.2. The highest BCUT2D eigenvalue weighted by molar-refractivity contribution is 5.77. The number of aromatic hydroxyl groups is 2. The van der Waals surface area contributed by atoms with Crippen LogP contribution in [0.3, 0.4) is 0 Å². The van der Waals surface area contributed by atoms with Gasteiger partial charge in [0, 0.05) is 6.54 Å². The minimum Gasteiger partial charge on any atom is -0.504 e. The van der Waals surface area contributed by atoms with Crippen molar-refractivity contribution in [3.05, 3.63) is 58.4 Å². The molecule has 2 aromatic carbocycles. The maximum Gasteiger partial charge on any atom is 0.433 e. The van der Waals surface area contributed by atoms with Gasteiger partial charge in [0.2, 0.25) is 0 Å². The molecule has 0 saturated heterocycles. The summed E-state index contributed by atoms with van der Waals surface area (Å²) in [4.78, 5) is 29.4. The fraction of sp³-hybridized carbons (Fsp3) is 0.0667. The van der Waals surface area contributed by atoms with Crippen LogP contribution in [0.5, 0.6) is 11.5 Å². The maximum atomic E-state index is 12.0. The number of aromatic nitrogens is 2. The monoisotopic (exact) mass is 315 g/mol. The number of phenols is 2. The van der Waals surface area contributed by atoms with Crippen molar-refractivity contribution in [1.82, 2.24) is 15.3 Å². The van der Waals surface area contributed by atoms with Gasteiger partial charge in [-0.25, -0.2) is 4.79 Å². The van der Waals surface area contributed by atoms with Crippen LogP contribution in [0.25, 0.3) is 10.9 Å². The van der Waals surface area contributed by atoms with Crippen LogP contribution in [0.2, 0.25) is 0 Å². The molecular formula is C15H13N3O5. The van der Waals surface area contributed by atoms with Crippen molar-refractivity contribution in [2.45, 2.75) is 6.54 Å². The van der Waals surface area contributed by atoms with Crippen LogP contribution >= 0.6 is 0 Å². The summed E-state index contributed by atoms with van der Waals surface area (Å²) in [5.74, 6) is -0.537. The first-order valence-electron chi connectivity index (χ1n) is 6.71. The number of amides is 1. The fourth-order valence-corrected chi connectivity index (χ4v) is 2.07. The SMILES string of the molecule is O=C(NCc1ccc(O)c(O)c1)On1[nH]c2ccccc2c1=O. The average Bonchev–Trinajstić information content (AvgIpc) is 2.85. The van der Waals surface area contributed by atoms with E-state index in [0.29, 0.717) is 16.5 Å². The lowest BCUT2D eigenvalue weighted by molar-refractivity contribution is 0.112. The molecule has 23 heavy (non-hydrogen) atoms. The minimum atomic E-state index is -0.841. The van der Waals surface area contributed by atoms with E-state index in [4.69, 9.17) is 4.84 Å². The maximum absolute atomic E-state index is 12.0. The summed E-state index contributed by atoms with van der Waals surface area (Å²) in [7, 11) is 0. The Morgan fingerprint density at radius 2 is 1.96 bits per heavy atom. The van der Waals surface area contributed by atoms with Gasteiger partial charge in [0.05, 0.1) is 10.9 Å². The molecule has 0 atom stereocenters. The highest BCUT2D eigenvalue weighted by atomic mass is 16.7. The Morgan fingerprint density at radius 1 is 1.17 bits per heavy atom. The number of nitrogens with one attached hydrogen (secondary N) is 2. The Morgan fingerprint density at radius 3 is 2.70 bits per heavy atom. The summed E-state index contributed by atoms with van der Waals surface area (Å²) < 4.78 is 0. The third-order valence-corrected chi connectivity index (χ3v) is 3.21. The number of H-pyrrole nitrogens is 1. The molecule has 0 radical (unpaired) electrons. The van der Waals surface area contributed by atoms with Gasteiger partial charge in [0.25, 0.3) is 0 Å². The molecule has 0 aliphatic rings. The highest BCUT2D eigenvalue weighted by Crippen LogP contribution is 2.24. The first-order valence-corrected chi connectivity index (χ1v) is 6.71. The quantitative estimate of drug-likeness (QED) is 0.540. The van der Waals surface area contributed by atoms with E-state index in [1.54, 1.807) is 24.3 Å². The molecule has 0 aliphatic heterocycles. The molecule has 0 unspecified atom stereocenters. The molecule has 0 aliphatic carbocycles. The molecule has 0 bridgehead atoms. The van der Waals surface area contributed by atoms with Crippen LogP contribution in [-0.4, -0.2) is 26.3 Å². The lowest BCUT2D eigenvalue weighted by Gasteiger charge is -2.06. The second-order valence-corrected chi connectivity index (χ2v) is 4.81. The zero-order valence-electron chi connectivity index (χ0n) is 11.8. The third-order valence-electron chi connectivity index (χ3n) is 3.21. The molecule has 4 N–H and O–H groups in total. The summed E-state index contributed by atoms with van der Waals surface area (Å²) in [6.07, 6.45) is -0.841. The number of carbonyl (C=O) groups is 1. The zero-order chi connectivity index (χ0) is 16.4. The topological polar surface area (TPSA) is 117 Å². The van der Waals surface area contributed by atoms with Gasteiger partial charge in [-0.1, -0.05) is 23.0 Å². The van der Waals surface area contributed by atoms with Gasteiger partial charge in [0.1, 0.15) is 0 Å². The van der Waals surface area contributed by atoms with Crippen LogP contribution in [0.4, 0.5) is 4.79 Å². The van der Waals surface area contributed by atoms with E-state index >= 15 is 0 Å². The summed E-state index contributed by atoms with van der Waals surface area (Å²) in [6, 6.07) is 10.9. The summed E-state index contributed by atoms with van der Waals surface area (Å²) in [6.45, 7) is 0.0572. The van der Waals surface area contributed by atoms with Gasteiger partial charge in [-0.2, -0.15) is 0 Å². The van der Waals surface area contributed by atoms with Crippen molar-refractivity contribution in [1.29, 1.82) is 0 Å².